The fourth-order valence-electron chi connectivity index (χ4n) is 3.33. The summed E-state index contributed by atoms with van der Waals surface area (Å²) in [5.41, 5.74) is 5.89. The van der Waals surface area contributed by atoms with Crippen LogP contribution in [0.25, 0.3) is 0 Å². The van der Waals surface area contributed by atoms with Gasteiger partial charge in [-0.25, -0.2) is 4.79 Å². The second-order valence-corrected chi connectivity index (χ2v) is 8.24. The van der Waals surface area contributed by atoms with Crippen LogP contribution >= 0.6 is 0 Å². The number of ether oxygens (including phenoxy) is 1. The first kappa shape index (κ1) is 21.2. The third kappa shape index (κ3) is 4.89. The standard InChI is InChI=1S/C21H26N6O3/c1-21(2,3)30-20(29)26-10-9-14(11-22)17(13-26)27-12-16(18(23)28)19(25-27)24-15-7-5-4-6-8-15/h4-8,12,14,17H,9-10,13H2,1-3H3,(H2,23,28)(H,24,25)/t14?,17-/m0/s1. The van der Waals surface area contributed by atoms with Crippen molar-refractivity contribution in [3.8, 4) is 6.07 Å². The number of amides is 2. The molecule has 2 atom stereocenters. The summed E-state index contributed by atoms with van der Waals surface area (Å²) >= 11 is 0. The molecule has 3 rings (SSSR count). The molecule has 0 saturated carbocycles. The number of nitrogens with zero attached hydrogens (tertiary/aromatic N) is 4. The molecule has 0 spiro atoms. The highest BCUT2D eigenvalue weighted by Crippen LogP contribution is 2.30. The van der Waals surface area contributed by atoms with Crippen LogP contribution in [-0.4, -0.2) is 45.4 Å². The lowest BCUT2D eigenvalue weighted by molar-refractivity contribution is 0.0135. The number of nitrogens with one attached hydrogen (secondary N) is 1. The lowest BCUT2D eigenvalue weighted by Crippen LogP contribution is -2.46. The molecule has 3 N–H and O–H groups in total. The Morgan fingerprint density at radius 1 is 1.30 bits per heavy atom. The highest BCUT2D eigenvalue weighted by Gasteiger charge is 2.36. The zero-order chi connectivity index (χ0) is 21.9. The first-order valence-corrected chi connectivity index (χ1v) is 9.76. The number of rotatable bonds is 4. The second-order valence-electron chi connectivity index (χ2n) is 8.24. The predicted molar refractivity (Wildman–Crippen MR) is 111 cm³/mol. The van der Waals surface area contributed by atoms with Crippen LogP contribution in [0.5, 0.6) is 0 Å². The fraction of sp³-hybridized carbons (Fsp3) is 0.429. The molecule has 9 heteroatoms. The van der Waals surface area contributed by atoms with Crippen molar-refractivity contribution >= 4 is 23.5 Å². The summed E-state index contributed by atoms with van der Waals surface area (Å²) in [6, 6.07) is 11.1. The Bertz CT molecular complexity index is 957. The molecule has 1 aromatic carbocycles. The highest BCUT2D eigenvalue weighted by atomic mass is 16.6. The molecule has 1 unspecified atom stereocenters. The van der Waals surface area contributed by atoms with Crippen molar-refractivity contribution in [2.75, 3.05) is 18.4 Å². The quantitative estimate of drug-likeness (QED) is 0.798. The van der Waals surface area contributed by atoms with Crippen LogP contribution in [0.15, 0.2) is 36.5 Å². The number of nitrogens with two attached hydrogens (primary N) is 1. The number of carbonyl (C=O) groups is 2. The maximum absolute atomic E-state index is 12.5. The zero-order valence-corrected chi connectivity index (χ0v) is 17.3. The van der Waals surface area contributed by atoms with Gasteiger partial charge >= 0.3 is 6.09 Å². The second kappa shape index (κ2) is 8.45. The Hall–Kier alpha value is -3.54. The molecule has 0 bridgehead atoms. The van der Waals surface area contributed by atoms with Crippen molar-refractivity contribution in [1.29, 1.82) is 5.26 Å². The van der Waals surface area contributed by atoms with Crippen molar-refractivity contribution < 1.29 is 14.3 Å². The lowest BCUT2D eigenvalue weighted by atomic mass is 9.93. The van der Waals surface area contributed by atoms with Gasteiger partial charge in [-0.1, -0.05) is 18.2 Å². The Morgan fingerprint density at radius 2 is 2.00 bits per heavy atom. The molecule has 1 aliphatic heterocycles. The molecule has 1 fully saturated rings. The van der Waals surface area contributed by atoms with Gasteiger partial charge in [0.15, 0.2) is 5.82 Å². The van der Waals surface area contributed by atoms with E-state index >= 15 is 0 Å². The van der Waals surface area contributed by atoms with E-state index in [4.69, 9.17) is 10.5 Å². The Balaban J connectivity index is 1.88. The highest BCUT2D eigenvalue weighted by molar-refractivity contribution is 5.98. The van der Waals surface area contributed by atoms with Gasteiger partial charge in [0.1, 0.15) is 11.2 Å². The lowest BCUT2D eigenvalue weighted by Gasteiger charge is -2.36. The largest absolute Gasteiger partial charge is 0.444 e. The van der Waals surface area contributed by atoms with E-state index in [-0.39, 0.29) is 18.0 Å². The zero-order valence-electron chi connectivity index (χ0n) is 17.3. The number of hydrogen-bond donors (Lipinski definition) is 2. The number of primary amides is 1. The van der Waals surface area contributed by atoms with E-state index in [1.165, 1.54) is 6.20 Å². The van der Waals surface area contributed by atoms with Gasteiger partial charge in [0, 0.05) is 25.0 Å². The van der Waals surface area contributed by atoms with E-state index in [9.17, 15) is 14.9 Å². The van der Waals surface area contributed by atoms with Crippen LogP contribution in [-0.2, 0) is 4.74 Å². The van der Waals surface area contributed by atoms with Gasteiger partial charge in [0.2, 0.25) is 0 Å². The summed E-state index contributed by atoms with van der Waals surface area (Å²) < 4.78 is 7.02. The fourth-order valence-corrected chi connectivity index (χ4v) is 3.33. The topological polar surface area (TPSA) is 126 Å². The summed E-state index contributed by atoms with van der Waals surface area (Å²) in [5, 5.41) is 17.2. The van der Waals surface area contributed by atoms with Crippen LogP contribution in [0.3, 0.4) is 0 Å². The number of anilines is 2. The Kier molecular flexibility index (Phi) is 5.96. The average molecular weight is 410 g/mol. The van der Waals surface area contributed by atoms with E-state index in [0.29, 0.717) is 18.8 Å². The van der Waals surface area contributed by atoms with Gasteiger partial charge < -0.3 is 20.7 Å². The number of aromatic nitrogens is 2. The van der Waals surface area contributed by atoms with E-state index < -0.39 is 23.6 Å². The summed E-state index contributed by atoms with van der Waals surface area (Å²) in [4.78, 5) is 26.0. The molecule has 1 saturated heterocycles. The van der Waals surface area contributed by atoms with Crippen molar-refractivity contribution in [3.05, 3.63) is 42.1 Å². The van der Waals surface area contributed by atoms with E-state index in [1.54, 1.807) is 30.4 Å². The minimum atomic E-state index is -0.631. The summed E-state index contributed by atoms with van der Waals surface area (Å²) in [7, 11) is 0. The average Bonchev–Trinajstić information content (AvgIpc) is 3.11. The van der Waals surface area contributed by atoms with Crippen LogP contribution in [0.1, 0.15) is 43.6 Å². The molecule has 9 nitrogen and oxygen atoms in total. The number of benzene rings is 1. The van der Waals surface area contributed by atoms with Gasteiger partial charge in [-0.2, -0.15) is 10.4 Å². The molecule has 30 heavy (non-hydrogen) atoms. The van der Waals surface area contributed by atoms with Gasteiger partial charge in [0.25, 0.3) is 5.91 Å². The number of likely N-dealkylation sites (tertiary alicyclic amines) is 1. The number of hydrogen-bond acceptors (Lipinski definition) is 6. The maximum Gasteiger partial charge on any atom is 0.410 e. The third-order valence-electron chi connectivity index (χ3n) is 4.77. The SMILES string of the molecule is CC(C)(C)OC(=O)N1CCC(C#N)[C@@H](n2cc(C(N)=O)c(Nc3ccccc3)n2)C1. The van der Waals surface area contributed by atoms with Crippen molar-refractivity contribution in [1.82, 2.24) is 14.7 Å². The van der Waals surface area contributed by atoms with E-state index in [1.807, 2.05) is 30.3 Å². The number of para-hydroxylation sites is 1. The predicted octanol–water partition coefficient (Wildman–Crippen LogP) is 3.05. The smallest absolute Gasteiger partial charge is 0.410 e. The van der Waals surface area contributed by atoms with Crippen LogP contribution in [0.2, 0.25) is 0 Å². The molecule has 2 amide bonds. The van der Waals surface area contributed by atoms with E-state index in [0.717, 1.165) is 5.69 Å². The van der Waals surface area contributed by atoms with Crippen molar-refractivity contribution in [2.45, 2.75) is 38.8 Å². The van der Waals surface area contributed by atoms with E-state index in [2.05, 4.69) is 16.5 Å². The first-order chi connectivity index (χ1) is 14.2. The number of carbonyl (C=O) groups excluding carboxylic acids is 2. The Labute approximate surface area is 175 Å². The molecule has 0 radical (unpaired) electrons. The molecule has 0 aliphatic carbocycles. The molecule has 158 valence electrons. The van der Waals surface area contributed by atoms with Crippen LogP contribution in [0.4, 0.5) is 16.3 Å². The van der Waals surface area contributed by atoms with Gasteiger partial charge in [-0.15, -0.1) is 0 Å². The number of nitriles is 1. The molecular weight excluding hydrogens is 384 g/mol. The van der Waals surface area contributed by atoms with Gasteiger partial charge in [0.05, 0.1) is 18.0 Å². The van der Waals surface area contributed by atoms with Gasteiger partial charge in [-0.05, 0) is 39.3 Å². The minimum absolute atomic E-state index is 0.213. The minimum Gasteiger partial charge on any atom is -0.444 e. The third-order valence-corrected chi connectivity index (χ3v) is 4.77. The molecule has 1 aliphatic rings. The van der Waals surface area contributed by atoms with Crippen molar-refractivity contribution in [3.63, 3.8) is 0 Å². The molecule has 2 heterocycles. The summed E-state index contributed by atoms with van der Waals surface area (Å²) in [6.45, 7) is 6.08. The molecular formula is C21H26N6O3. The Morgan fingerprint density at radius 3 is 2.60 bits per heavy atom. The van der Waals surface area contributed by atoms with Crippen LogP contribution in [0, 0.1) is 17.2 Å². The molecule has 1 aromatic heterocycles. The monoisotopic (exact) mass is 410 g/mol. The number of piperidine rings is 1. The van der Waals surface area contributed by atoms with Crippen LogP contribution < -0.4 is 11.1 Å². The van der Waals surface area contributed by atoms with Crippen molar-refractivity contribution in [2.24, 2.45) is 11.7 Å². The maximum atomic E-state index is 12.5. The normalized spacial score (nSPS) is 19.1. The first-order valence-electron chi connectivity index (χ1n) is 9.76. The summed E-state index contributed by atoms with van der Waals surface area (Å²) in [5.74, 6) is -0.693. The van der Waals surface area contributed by atoms with Gasteiger partial charge in [-0.3, -0.25) is 9.48 Å². The molecule has 2 aromatic rings. The summed E-state index contributed by atoms with van der Waals surface area (Å²) in [6.07, 6.45) is 1.57.